The van der Waals surface area contributed by atoms with Gasteiger partial charge in [-0.15, -0.1) is 18.3 Å². The van der Waals surface area contributed by atoms with Crippen molar-refractivity contribution in [3.8, 4) is 0 Å². The lowest BCUT2D eigenvalue weighted by molar-refractivity contribution is -0.143. The van der Waals surface area contributed by atoms with Crippen LogP contribution >= 0.6 is 11.8 Å². The van der Waals surface area contributed by atoms with Gasteiger partial charge in [0.25, 0.3) is 0 Å². The van der Waals surface area contributed by atoms with Gasteiger partial charge in [0.2, 0.25) is 5.91 Å². The van der Waals surface area contributed by atoms with Gasteiger partial charge in [-0.3, -0.25) is 9.59 Å². The third-order valence-electron chi connectivity index (χ3n) is 2.13. The van der Waals surface area contributed by atoms with Crippen LogP contribution in [0.5, 0.6) is 0 Å². The van der Waals surface area contributed by atoms with Crippen LogP contribution in [-0.4, -0.2) is 40.7 Å². The molecule has 1 aromatic rings. The maximum Gasteiger partial charge on any atom is 0.323 e. The fourth-order valence-corrected chi connectivity index (χ4v) is 2.15. The van der Waals surface area contributed by atoms with E-state index < -0.39 is 5.97 Å². The highest BCUT2D eigenvalue weighted by atomic mass is 32.2. The number of hydrogen-bond donors (Lipinski definition) is 1. The molecule has 0 bridgehead atoms. The third kappa shape index (κ3) is 5.05. The molecular formula is C13H15NO3S. The summed E-state index contributed by atoms with van der Waals surface area (Å²) in [5.41, 5.74) is 0. The first-order valence-corrected chi connectivity index (χ1v) is 6.40. The zero-order valence-electron chi connectivity index (χ0n) is 9.91. The maximum absolute atomic E-state index is 11.8. The second kappa shape index (κ2) is 7.55. The van der Waals surface area contributed by atoms with Crippen LogP contribution in [0.1, 0.15) is 0 Å². The van der Waals surface area contributed by atoms with E-state index >= 15 is 0 Å². The normalized spacial score (nSPS) is 9.78. The molecule has 0 atom stereocenters. The molecule has 0 aromatic heterocycles. The summed E-state index contributed by atoms with van der Waals surface area (Å²) in [4.78, 5) is 24.7. The Morgan fingerprint density at radius 1 is 1.33 bits per heavy atom. The number of carboxylic acids is 1. The molecule has 0 aliphatic heterocycles. The molecule has 0 fully saturated rings. The summed E-state index contributed by atoms with van der Waals surface area (Å²) in [5, 5.41) is 8.71. The Morgan fingerprint density at radius 2 is 2.00 bits per heavy atom. The molecule has 0 aliphatic carbocycles. The Labute approximate surface area is 110 Å². The number of benzene rings is 1. The van der Waals surface area contributed by atoms with Crippen LogP contribution in [0.15, 0.2) is 47.9 Å². The molecule has 0 unspecified atom stereocenters. The summed E-state index contributed by atoms with van der Waals surface area (Å²) in [6.07, 6.45) is 1.52. The van der Waals surface area contributed by atoms with Crippen molar-refractivity contribution >= 4 is 23.6 Å². The van der Waals surface area contributed by atoms with Crippen molar-refractivity contribution in [3.63, 3.8) is 0 Å². The van der Waals surface area contributed by atoms with E-state index in [1.54, 1.807) is 0 Å². The highest BCUT2D eigenvalue weighted by Gasteiger charge is 2.15. The van der Waals surface area contributed by atoms with Gasteiger partial charge < -0.3 is 10.0 Å². The summed E-state index contributed by atoms with van der Waals surface area (Å²) < 4.78 is 0. The molecular weight excluding hydrogens is 250 g/mol. The summed E-state index contributed by atoms with van der Waals surface area (Å²) in [5.74, 6) is -0.994. The molecule has 0 radical (unpaired) electrons. The van der Waals surface area contributed by atoms with E-state index in [4.69, 9.17) is 5.11 Å². The quantitative estimate of drug-likeness (QED) is 0.604. The van der Waals surface area contributed by atoms with Gasteiger partial charge in [0.1, 0.15) is 6.54 Å². The topological polar surface area (TPSA) is 57.6 Å². The van der Waals surface area contributed by atoms with Crippen LogP contribution in [0.2, 0.25) is 0 Å². The highest BCUT2D eigenvalue weighted by molar-refractivity contribution is 8.00. The van der Waals surface area contributed by atoms with Gasteiger partial charge >= 0.3 is 5.97 Å². The number of amides is 1. The lowest BCUT2D eigenvalue weighted by Crippen LogP contribution is -2.36. The minimum absolute atomic E-state index is 0.203. The van der Waals surface area contributed by atoms with Crippen LogP contribution in [0, 0.1) is 0 Å². The number of hydrogen-bond acceptors (Lipinski definition) is 3. The van der Waals surface area contributed by atoms with Crippen LogP contribution in [-0.2, 0) is 9.59 Å². The van der Waals surface area contributed by atoms with Crippen molar-refractivity contribution in [1.29, 1.82) is 0 Å². The number of carbonyl (C=O) groups excluding carboxylic acids is 1. The average Bonchev–Trinajstić information content (AvgIpc) is 2.36. The summed E-state index contributed by atoms with van der Waals surface area (Å²) >= 11 is 1.39. The van der Waals surface area contributed by atoms with E-state index in [-0.39, 0.29) is 24.7 Å². The number of carbonyl (C=O) groups is 2. The second-order valence-electron chi connectivity index (χ2n) is 3.56. The van der Waals surface area contributed by atoms with Gasteiger partial charge in [-0.2, -0.15) is 0 Å². The van der Waals surface area contributed by atoms with Gasteiger partial charge in [0, 0.05) is 11.4 Å². The molecule has 18 heavy (non-hydrogen) atoms. The predicted octanol–water partition coefficient (Wildman–Crippen LogP) is 1.88. The maximum atomic E-state index is 11.8. The monoisotopic (exact) mass is 265 g/mol. The van der Waals surface area contributed by atoms with Crippen LogP contribution in [0.3, 0.4) is 0 Å². The molecule has 0 saturated heterocycles. The number of rotatable bonds is 7. The number of nitrogens with zero attached hydrogens (tertiary/aromatic N) is 1. The van der Waals surface area contributed by atoms with Crippen molar-refractivity contribution in [1.82, 2.24) is 4.90 Å². The van der Waals surface area contributed by atoms with E-state index in [9.17, 15) is 9.59 Å². The van der Waals surface area contributed by atoms with Gasteiger partial charge in [-0.25, -0.2) is 0 Å². The lowest BCUT2D eigenvalue weighted by atomic mass is 10.4. The Balaban J connectivity index is 2.51. The number of carboxylic acid groups (broad SMARTS) is 1. The molecule has 0 heterocycles. The van der Waals surface area contributed by atoms with E-state index in [0.29, 0.717) is 0 Å². The second-order valence-corrected chi connectivity index (χ2v) is 4.61. The smallest absolute Gasteiger partial charge is 0.323 e. The minimum Gasteiger partial charge on any atom is -0.480 e. The Kier molecular flexibility index (Phi) is 6.00. The molecule has 1 amide bonds. The minimum atomic E-state index is -1.02. The first kappa shape index (κ1) is 14.3. The fraction of sp³-hybridized carbons (Fsp3) is 0.231. The van der Waals surface area contributed by atoms with Crippen molar-refractivity contribution < 1.29 is 14.7 Å². The van der Waals surface area contributed by atoms with E-state index in [2.05, 4.69) is 6.58 Å². The zero-order chi connectivity index (χ0) is 13.4. The summed E-state index contributed by atoms with van der Waals surface area (Å²) in [7, 11) is 0. The molecule has 0 aliphatic rings. The molecule has 0 saturated carbocycles. The molecule has 4 nitrogen and oxygen atoms in total. The molecule has 0 spiro atoms. The van der Waals surface area contributed by atoms with Gasteiger partial charge in [-0.05, 0) is 12.1 Å². The number of aliphatic carboxylic acids is 1. The van der Waals surface area contributed by atoms with Gasteiger partial charge in [0.05, 0.1) is 5.75 Å². The summed E-state index contributed by atoms with van der Waals surface area (Å²) in [6, 6.07) is 9.51. The molecule has 5 heteroatoms. The SMILES string of the molecule is C=CCN(CC(=O)O)C(=O)CSc1ccccc1. The lowest BCUT2D eigenvalue weighted by Gasteiger charge is -2.18. The average molecular weight is 265 g/mol. The summed E-state index contributed by atoms with van der Waals surface area (Å²) in [6.45, 7) is 3.47. The van der Waals surface area contributed by atoms with Crippen molar-refractivity contribution in [2.75, 3.05) is 18.8 Å². The largest absolute Gasteiger partial charge is 0.480 e. The first-order valence-electron chi connectivity index (χ1n) is 5.42. The van der Waals surface area contributed by atoms with E-state index in [1.807, 2.05) is 30.3 Å². The number of thioether (sulfide) groups is 1. The van der Waals surface area contributed by atoms with Crippen LogP contribution < -0.4 is 0 Å². The third-order valence-corrected chi connectivity index (χ3v) is 3.13. The fourth-order valence-electron chi connectivity index (χ4n) is 1.33. The van der Waals surface area contributed by atoms with Crippen LogP contribution in [0.25, 0.3) is 0 Å². The van der Waals surface area contributed by atoms with E-state index in [0.717, 1.165) is 4.90 Å². The Hall–Kier alpha value is -1.75. The first-order chi connectivity index (χ1) is 8.63. The predicted molar refractivity (Wildman–Crippen MR) is 71.6 cm³/mol. The molecule has 1 N–H and O–H groups in total. The highest BCUT2D eigenvalue weighted by Crippen LogP contribution is 2.17. The molecule has 1 aromatic carbocycles. The van der Waals surface area contributed by atoms with Gasteiger partial charge in [0.15, 0.2) is 0 Å². The van der Waals surface area contributed by atoms with Crippen molar-refractivity contribution in [3.05, 3.63) is 43.0 Å². The Morgan fingerprint density at radius 3 is 2.56 bits per heavy atom. The van der Waals surface area contributed by atoms with Crippen molar-refractivity contribution in [2.45, 2.75) is 4.90 Å². The Bertz CT molecular complexity index is 420. The molecule has 1 rings (SSSR count). The molecule has 96 valence electrons. The zero-order valence-corrected chi connectivity index (χ0v) is 10.7. The van der Waals surface area contributed by atoms with Gasteiger partial charge in [-0.1, -0.05) is 24.3 Å². The van der Waals surface area contributed by atoms with Crippen LogP contribution in [0.4, 0.5) is 0 Å². The standard InChI is InChI=1S/C13H15NO3S/c1-2-8-14(9-13(16)17)12(15)10-18-11-6-4-3-5-7-11/h2-7H,1,8-10H2,(H,16,17). The van der Waals surface area contributed by atoms with E-state index in [1.165, 1.54) is 22.7 Å². The van der Waals surface area contributed by atoms with Crippen molar-refractivity contribution in [2.24, 2.45) is 0 Å².